The van der Waals surface area contributed by atoms with Crippen LogP contribution in [0, 0.1) is 26.2 Å². The summed E-state index contributed by atoms with van der Waals surface area (Å²) in [4.78, 5) is 12.4. The zero-order valence-electron chi connectivity index (χ0n) is 17.9. The third kappa shape index (κ3) is 7.20. The van der Waals surface area contributed by atoms with Crippen molar-refractivity contribution in [1.82, 2.24) is 5.32 Å². The van der Waals surface area contributed by atoms with Crippen LogP contribution in [0.1, 0.15) is 28.7 Å². The van der Waals surface area contributed by atoms with E-state index in [1.165, 1.54) is 5.56 Å². The van der Waals surface area contributed by atoms with Crippen molar-refractivity contribution < 1.29 is 9.53 Å². The molecule has 164 valence electrons. The summed E-state index contributed by atoms with van der Waals surface area (Å²) in [6.07, 6.45) is 3.24. The van der Waals surface area contributed by atoms with Crippen LogP contribution in [-0.4, -0.2) is 12.5 Å². The molecule has 33 heavy (non-hydrogen) atoms. The van der Waals surface area contributed by atoms with E-state index in [1.807, 2.05) is 48.5 Å². The number of ether oxygens (including phenoxy) is 1. The highest BCUT2D eigenvalue weighted by atomic mass is 127. The fraction of sp³-hybridized carbons (Fsp3) is 0.148. The summed E-state index contributed by atoms with van der Waals surface area (Å²) >= 11 is 2.15. The Bertz CT molecular complexity index is 1220. The van der Waals surface area contributed by atoms with Gasteiger partial charge in [0.25, 0.3) is 5.91 Å². The number of carbonyl (C=O) groups is 1. The minimum Gasteiger partial charge on any atom is -0.488 e. The number of nitrogens with zero attached hydrogens (tertiary/aromatic N) is 2. The van der Waals surface area contributed by atoms with Crippen molar-refractivity contribution in [2.75, 3.05) is 6.54 Å². The number of hydrogen-bond acceptors (Lipinski definition) is 4. The molecule has 0 aliphatic rings. The van der Waals surface area contributed by atoms with E-state index in [0.717, 1.165) is 27.5 Å². The van der Waals surface area contributed by atoms with Crippen molar-refractivity contribution in [2.24, 2.45) is 0 Å². The van der Waals surface area contributed by atoms with E-state index >= 15 is 0 Å². The molecule has 0 aliphatic heterocycles. The minimum absolute atomic E-state index is 0.0575. The topological polar surface area (TPSA) is 85.9 Å². The monoisotopic (exact) mass is 547 g/mol. The van der Waals surface area contributed by atoms with E-state index < -0.39 is 0 Å². The Morgan fingerprint density at radius 3 is 2.52 bits per heavy atom. The number of rotatable bonds is 9. The van der Waals surface area contributed by atoms with Crippen LogP contribution >= 0.6 is 22.6 Å². The molecule has 0 fully saturated rings. The van der Waals surface area contributed by atoms with E-state index in [-0.39, 0.29) is 18.1 Å². The van der Waals surface area contributed by atoms with Gasteiger partial charge in [-0.25, -0.2) is 0 Å². The molecule has 1 N–H and O–H groups in total. The van der Waals surface area contributed by atoms with Crippen LogP contribution in [-0.2, 0) is 17.8 Å². The van der Waals surface area contributed by atoms with Crippen LogP contribution in [0.3, 0.4) is 0 Å². The van der Waals surface area contributed by atoms with Crippen molar-refractivity contribution in [2.45, 2.75) is 19.4 Å². The van der Waals surface area contributed by atoms with Crippen molar-refractivity contribution >= 4 is 34.6 Å². The maximum absolute atomic E-state index is 12.4. The molecule has 0 saturated heterocycles. The lowest BCUT2D eigenvalue weighted by molar-refractivity contribution is -0.117. The maximum Gasteiger partial charge on any atom is 0.261 e. The van der Waals surface area contributed by atoms with Crippen molar-refractivity contribution in [3.63, 3.8) is 0 Å². The van der Waals surface area contributed by atoms with E-state index in [9.17, 15) is 15.3 Å². The third-order valence-corrected chi connectivity index (χ3v) is 5.77. The first-order valence-corrected chi connectivity index (χ1v) is 11.5. The second kappa shape index (κ2) is 12.4. The van der Waals surface area contributed by atoms with Gasteiger partial charge in [-0.05, 0) is 70.8 Å². The van der Waals surface area contributed by atoms with Crippen molar-refractivity contribution in [3.8, 4) is 17.9 Å². The molecule has 3 aromatic carbocycles. The Kier molecular flexibility index (Phi) is 9.05. The van der Waals surface area contributed by atoms with Crippen molar-refractivity contribution in [1.29, 1.82) is 10.5 Å². The van der Waals surface area contributed by atoms with E-state index in [4.69, 9.17) is 4.74 Å². The number of nitrogens with one attached hydrogen (secondary N) is 1. The molecule has 0 spiro atoms. The van der Waals surface area contributed by atoms with Gasteiger partial charge in [0.05, 0.1) is 15.2 Å². The number of nitriles is 2. The predicted octanol–water partition coefficient (Wildman–Crippen LogP) is 5.40. The maximum atomic E-state index is 12.4. The molecule has 0 unspecified atom stereocenters. The molecule has 0 saturated carbocycles. The standard InChI is InChI=1S/C27H22IN3O2/c28-25-16-21(12-13-26(25)33-19-23-11-5-4-10-22(23)17-29)15-24(18-30)27(32)31-14-6-9-20-7-2-1-3-8-20/h1-5,7-8,10-13,15-16H,6,9,14,19H2,(H,31,32)/b24-15-. The van der Waals surface area contributed by atoms with Crippen LogP contribution < -0.4 is 10.1 Å². The molecule has 5 nitrogen and oxygen atoms in total. The average Bonchev–Trinajstić information content (AvgIpc) is 2.85. The Labute approximate surface area is 207 Å². The van der Waals surface area contributed by atoms with Gasteiger partial charge in [0, 0.05) is 12.1 Å². The molecule has 0 aromatic heterocycles. The zero-order valence-corrected chi connectivity index (χ0v) is 20.1. The number of aryl methyl sites for hydroxylation is 1. The first-order valence-electron chi connectivity index (χ1n) is 10.4. The molecular formula is C27H22IN3O2. The highest BCUT2D eigenvalue weighted by molar-refractivity contribution is 14.1. The first-order chi connectivity index (χ1) is 16.1. The number of carbonyl (C=O) groups excluding carboxylic acids is 1. The van der Waals surface area contributed by atoms with Crippen LogP contribution in [0.15, 0.2) is 78.4 Å². The zero-order chi connectivity index (χ0) is 23.5. The molecule has 0 atom stereocenters. The van der Waals surface area contributed by atoms with Crippen molar-refractivity contribution in [3.05, 3.63) is 104 Å². The molecule has 6 heteroatoms. The van der Waals surface area contributed by atoms with Gasteiger partial charge in [-0.3, -0.25) is 4.79 Å². The Hall–Kier alpha value is -3.62. The van der Waals surface area contributed by atoms with Gasteiger partial charge in [0.15, 0.2) is 0 Å². The highest BCUT2D eigenvalue weighted by Gasteiger charge is 2.10. The second-order valence-electron chi connectivity index (χ2n) is 7.26. The summed E-state index contributed by atoms with van der Waals surface area (Å²) in [7, 11) is 0. The lowest BCUT2D eigenvalue weighted by Gasteiger charge is -2.10. The minimum atomic E-state index is -0.381. The molecule has 0 aliphatic carbocycles. The predicted molar refractivity (Wildman–Crippen MR) is 136 cm³/mol. The van der Waals surface area contributed by atoms with Crippen LogP contribution in [0.25, 0.3) is 6.08 Å². The molecule has 3 rings (SSSR count). The summed E-state index contributed by atoms with van der Waals surface area (Å²) in [5.41, 5.74) is 3.41. The fourth-order valence-corrected chi connectivity index (χ4v) is 3.88. The molecule has 0 heterocycles. The molecule has 0 bridgehead atoms. The molecule has 1 amide bonds. The molecule has 3 aromatic rings. The lowest BCUT2D eigenvalue weighted by atomic mass is 10.1. The smallest absolute Gasteiger partial charge is 0.261 e. The third-order valence-electron chi connectivity index (χ3n) is 4.92. The van der Waals surface area contributed by atoms with Gasteiger partial charge in [0.2, 0.25) is 0 Å². The largest absolute Gasteiger partial charge is 0.488 e. The number of benzene rings is 3. The van der Waals surface area contributed by atoms with E-state index in [1.54, 1.807) is 24.3 Å². The number of hydrogen-bond donors (Lipinski definition) is 1. The Balaban J connectivity index is 1.57. The van der Waals surface area contributed by atoms with Crippen LogP contribution in [0.4, 0.5) is 0 Å². The molecular weight excluding hydrogens is 525 g/mol. The summed E-state index contributed by atoms with van der Waals surface area (Å²) in [6.45, 7) is 0.783. The molecule has 0 radical (unpaired) electrons. The van der Waals surface area contributed by atoms with E-state index in [0.29, 0.717) is 17.9 Å². The van der Waals surface area contributed by atoms with Crippen LogP contribution in [0.2, 0.25) is 0 Å². The van der Waals surface area contributed by atoms with Gasteiger partial charge in [-0.15, -0.1) is 0 Å². The second-order valence-corrected chi connectivity index (χ2v) is 8.42. The van der Waals surface area contributed by atoms with E-state index in [2.05, 4.69) is 46.1 Å². The SMILES string of the molecule is N#C/C(=C/c1ccc(OCc2ccccc2C#N)c(I)c1)C(=O)NCCCc1ccccc1. The Morgan fingerprint density at radius 2 is 1.79 bits per heavy atom. The lowest BCUT2D eigenvalue weighted by Crippen LogP contribution is -2.25. The van der Waals surface area contributed by atoms with Gasteiger partial charge in [-0.2, -0.15) is 10.5 Å². The summed E-state index contributed by atoms with van der Waals surface area (Å²) in [5, 5.41) is 21.5. The van der Waals surface area contributed by atoms with Gasteiger partial charge >= 0.3 is 0 Å². The summed E-state index contributed by atoms with van der Waals surface area (Å²) in [6, 6.07) is 27.0. The van der Waals surface area contributed by atoms with Crippen LogP contribution in [0.5, 0.6) is 5.75 Å². The Morgan fingerprint density at radius 1 is 1.03 bits per heavy atom. The normalized spacial score (nSPS) is 10.7. The summed E-state index contributed by atoms with van der Waals surface area (Å²) < 4.78 is 6.72. The number of amides is 1. The fourth-order valence-electron chi connectivity index (χ4n) is 3.18. The highest BCUT2D eigenvalue weighted by Crippen LogP contribution is 2.24. The average molecular weight is 547 g/mol. The summed E-state index contributed by atoms with van der Waals surface area (Å²) in [5.74, 6) is 0.290. The van der Waals surface area contributed by atoms with Gasteiger partial charge < -0.3 is 10.1 Å². The van der Waals surface area contributed by atoms with Gasteiger partial charge in [0.1, 0.15) is 24.0 Å². The quantitative estimate of drug-likeness (QED) is 0.168. The first kappa shape index (κ1) is 24.0. The number of halogens is 1. The van der Waals surface area contributed by atoms with Gasteiger partial charge in [-0.1, -0.05) is 54.6 Å².